The van der Waals surface area contributed by atoms with Crippen LogP contribution in [0.15, 0.2) is 0 Å². The van der Waals surface area contributed by atoms with Crippen LogP contribution in [0.2, 0.25) is 0 Å². The van der Waals surface area contributed by atoms with Crippen molar-refractivity contribution in [3.63, 3.8) is 0 Å². The van der Waals surface area contributed by atoms with E-state index in [-0.39, 0.29) is 111 Å². The Bertz CT molecular complexity index is 11.7. The van der Waals surface area contributed by atoms with E-state index in [1.165, 1.54) is 0 Å². The van der Waals surface area contributed by atoms with Crippen molar-refractivity contribution < 1.29 is 92.4 Å². The molecule has 0 atom stereocenters. The monoisotopic (exact) mass is 319 g/mol. The van der Waals surface area contributed by atoms with Gasteiger partial charge in [0.1, 0.15) is 0 Å². The molecule has 0 heterocycles. The van der Waals surface area contributed by atoms with Crippen LogP contribution in [0.4, 0.5) is 18.8 Å². The first kappa shape index (κ1) is 97.9. The minimum atomic E-state index is 0. The Morgan fingerprint density at radius 2 is 0.571 bits per heavy atom. The normalized spacial score (nSPS) is 0. The summed E-state index contributed by atoms with van der Waals surface area (Å²) in [5, 5.41) is 0. The molecule has 0 nitrogen and oxygen atoms in total. The smallest absolute Gasteiger partial charge is 0 e. The Morgan fingerprint density at radius 1 is 0.571 bits per heavy atom. The Hall–Kier alpha value is 2.77. The number of hydrogen-bond acceptors (Lipinski definition) is 0. The minimum absolute atomic E-state index is 0. The second-order valence-corrected chi connectivity index (χ2v) is 0. The summed E-state index contributed by atoms with van der Waals surface area (Å²) in [7, 11) is 0. The fraction of sp³-hybridized carbons (Fsp3) is 0. The van der Waals surface area contributed by atoms with Gasteiger partial charge in [0, 0.05) is 73.5 Å². The van der Waals surface area contributed by atoms with Crippen LogP contribution in [0.25, 0.3) is 0 Å². The largest absolute Gasteiger partial charge is 0 e. The Balaban J connectivity index is 0. The Morgan fingerprint density at radius 3 is 0.571 bits per heavy atom. The molecule has 0 aliphatic carbocycles. The van der Waals surface area contributed by atoms with Gasteiger partial charge in [0.2, 0.25) is 0 Å². The fourth-order valence-electron chi connectivity index (χ4n) is 0. The summed E-state index contributed by atoms with van der Waals surface area (Å²) in [5.74, 6) is 0. The maximum absolute atomic E-state index is 0. The van der Waals surface area contributed by atoms with Gasteiger partial charge in [-0.25, -0.2) is 0 Å². The van der Waals surface area contributed by atoms with E-state index >= 15 is 0 Å². The van der Waals surface area contributed by atoms with E-state index in [4.69, 9.17) is 0 Å². The summed E-state index contributed by atoms with van der Waals surface area (Å²) < 4.78 is 0. The van der Waals surface area contributed by atoms with Crippen LogP contribution < -0.4 is 0 Å². The first-order chi connectivity index (χ1) is 0. The third-order valence-corrected chi connectivity index (χ3v) is 0. The minimum Gasteiger partial charge on any atom is 0 e. The van der Waals surface area contributed by atoms with Crippen LogP contribution in [0.1, 0.15) is 0 Å². The quantitative estimate of drug-likeness (QED) is 0.434. The number of rotatable bonds is 0. The molecule has 0 aromatic carbocycles. The van der Waals surface area contributed by atoms with Crippen molar-refractivity contribution in [1.82, 2.24) is 0 Å². The first-order valence-electron chi connectivity index (χ1n) is 0. The van der Waals surface area contributed by atoms with Gasteiger partial charge in [-0.2, -0.15) is 0 Å². The van der Waals surface area contributed by atoms with Gasteiger partial charge in [0.05, 0.1) is 0 Å². The Kier molecular flexibility index (Phi) is 964. The van der Waals surface area contributed by atoms with Gasteiger partial charge in [-0.1, -0.05) is 0 Å². The van der Waals surface area contributed by atoms with Crippen molar-refractivity contribution in [2.24, 2.45) is 0 Å². The summed E-state index contributed by atoms with van der Waals surface area (Å²) >= 11 is 0. The van der Waals surface area contributed by atoms with Crippen LogP contribution in [-0.2, 0) is 32.7 Å². The van der Waals surface area contributed by atoms with Gasteiger partial charge < -0.3 is 0 Å². The molecule has 0 aromatic heterocycles. The third kappa shape index (κ3) is 52.4. The van der Waals surface area contributed by atoms with Crippen LogP contribution >= 0.6 is 0 Å². The molecule has 0 unspecified atom stereocenters. The van der Waals surface area contributed by atoms with Crippen molar-refractivity contribution in [3.8, 4) is 0 Å². The molecule has 0 fully saturated rings. The van der Waals surface area contributed by atoms with E-state index in [0.29, 0.717) is 0 Å². The van der Waals surface area contributed by atoms with Gasteiger partial charge in [-0.15, -0.1) is 0 Å². The average Bonchev–Trinajstić information content (AvgIpc) is 0. The van der Waals surface area contributed by atoms with Crippen molar-refractivity contribution >= 4 is 18.9 Å². The zero-order chi connectivity index (χ0) is 0. The molecule has 0 aliphatic heterocycles. The fourth-order valence-corrected chi connectivity index (χ4v) is 0. The zero-order valence-corrected chi connectivity index (χ0v) is 8.76. The molecular formula is H5F4LiNdY. The van der Waals surface area contributed by atoms with Crippen LogP contribution in [0.3, 0.4) is 0 Å². The van der Waals surface area contributed by atoms with E-state index < -0.39 is 0 Å². The standard InChI is InChI=1S/4FH.Li.Nd.Y.H/h4*1H;;;;. The van der Waals surface area contributed by atoms with Crippen molar-refractivity contribution in [1.29, 1.82) is 0 Å². The molecule has 7 heavy (non-hydrogen) atoms. The van der Waals surface area contributed by atoms with Crippen LogP contribution in [0, 0.1) is 40.8 Å². The molecule has 0 spiro atoms. The van der Waals surface area contributed by atoms with Gasteiger partial charge >= 0.3 is 18.9 Å². The molecule has 0 aromatic rings. The topological polar surface area (TPSA) is 0 Å². The molecule has 0 N–H and O–H groups in total. The summed E-state index contributed by atoms with van der Waals surface area (Å²) in [6.07, 6.45) is 0. The van der Waals surface area contributed by atoms with Gasteiger partial charge in [-0.05, 0) is 0 Å². The summed E-state index contributed by atoms with van der Waals surface area (Å²) in [6.45, 7) is 0. The van der Waals surface area contributed by atoms with E-state index in [0.717, 1.165) is 0 Å². The maximum atomic E-state index is 0. The van der Waals surface area contributed by atoms with Crippen molar-refractivity contribution in [2.75, 3.05) is 0 Å². The Labute approximate surface area is 109 Å². The molecule has 1 radical (unpaired) electrons. The second kappa shape index (κ2) is 69.0. The second-order valence-electron chi connectivity index (χ2n) is 0. The number of hydrogen-bond donors (Lipinski definition) is 0. The molecule has 0 saturated carbocycles. The SMILES string of the molecule is F.F.F.F.[LiH].[Nd].[Y]. The van der Waals surface area contributed by atoms with E-state index in [1.54, 1.807) is 0 Å². The molecule has 0 aliphatic rings. The van der Waals surface area contributed by atoms with Crippen LogP contribution in [-0.4, -0.2) is 18.9 Å². The van der Waals surface area contributed by atoms with Gasteiger partial charge in [0.25, 0.3) is 0 Å². The summed E-state index contributed by atoms with van der Waals surface area (Å²) in [4.78, 5) is 0. The summed E-state index contributed by atoms with van der Waals surface area (Å²) in [6, 6.07) is 0. The third-order valence-electron chi connectivity index (χ3n) is 0. The predicted molar refractivity (Wildman–Crippen MR) is 17.2 cm³/mol. The molecular weight excluding hydrogens is 316 g/mol. The van der Waals surface area contributed by atoms with Crippen LogP contribution in [0.5, 0.6) is 0 Å². The molecule has 0 saturated heterocycles. The van der Waals surface area contributed by atoms with E-state index in [2.05, 4.69) is 0 Å². The van der Waals surface area contributed by atoms with E-state index in [1.807, 2.05) is 0 Å². The molecule has 0 bridgehead atoms. The summed E-state index contributed by atoms with van der Waals surface area (Å²) in [5.41, 5.74) is 0. The van der Waals surface area contributed by atoms with Crippen molar-refractivity contribution in [3.05, 3.63) is 0 Å². The first-order valence-corrected chi connectivity index (χ1v) is 0. The molecule has 0 rings (SSSR count). The van der Waals surface area contributed by atoms with Gasteiger partial charge in [0.15, 0.2) is 0 Å². The number of halogens is 4. The molecule has 0 amide bonds. The maximum Gasteiger partial charge on any atom is 0 e. The van der Waals surface area contributed by atoms with Gasteiger partial charge in [-0.3, -0.25) is 18.8 Å². The van der Waals surface area contributed by atoms with Crippen molar-refractivity contribution in [2.45, 2.75) is 0 Å². The van der Waals surface area contributed by atoms with E-state index in [9.17, 15) is 0 Å². The average molecular weight is 321 g/mol. The molecule has 7 heteroatoms. The zero-order valence-electron chi connectivity index (χ0n) is 2.71. The predicted octanol–water partition coefficient (Wildman–Crippen LogP) is -0.0410. The molecule has 41 valence electrons.